The van der Waals surface area contributed by atoms with Gasteiger partial charge in [-0.05, 0) is 13.0 Å². The van der Waals surface area contributed by atoms with E-state index < -0.39 is 11.8 Å². The first kappa shape index (κ1) is 13.6. The first-order chi connectivity index (χ1) is 9.97. The lowest BCUT2D eigenvalue weighted by atomic mass is 9.96. The Bertz CT molecular complexity index is 625. The maximum atomic E-state index is 12.6. The number of nitrogens with zero attached hydrogens (tertiary/aromatic N) is 1. The van der Waals surface area contributed by atoms with Crippen molar-refractivity contribution in [2.75, 3.05) is 13.1 Å². The Morgan fingerprint density at radius 2 is 1.90 bits per heavy atom. The fourth-order valence-corrected chi connectivity index (χ4v) is 2.71. The predicted molar refractivity (Wildman–Crippen MR) is 74.0 cm³/mol. The highest BCUT2D eigenvalue weighted by atomic mass is 16.5. The van der Waals surface area contributed by atoms with Crippen LogP contribution in [0, 0.1) is 0 Å². The van der Waals surface area contributed by atoms with Crippen LogP contribution >= 0.6 is 0 Å². The number of imide groups is 1. The van der Waals surface area contributed by atoms with E-state index in [4.69, 9.17) is 4.74 Å². The van der Waals surface area contributed by atoms with Crippen molar-refractivity contribution in [2.45, 2.75) is 25.9 Å². The molecule has 0 aromatic heterocycles. The van der Waals surface area contributed by atoms with Gasteiger partial charge in [-0.3, -0.25) is 19.7 Å². The molecule has 2 atom stereocenters. The van der Waals surface area contributed by atoms with Crippen LogP contribution in [-0.4, -0.2) is 41.8 Å². The van der Waals surface area contributed by atoms with Crippen LogP contribution in [0.3, 0.4) is 0 Å². The molecule has 0 saturated carbocycles. The molecule has 1 N–H and O–H groups in total. The van der Waals surface area contributed by atoms with E-state index >= 15 is 0 Å². The van der Waals surface area contributed by atoms with E-state index in [1.165, 1.54) is 4.90 Å². The number of amides is 3. The minimum Gasteiger partial charge on any atom is -0.489 e. The summed E-state index contributed by atoms with van der Waals surface area (Å²) in [7, 11) is 0. The topological polar surface area (TPSA) is 75.7 Å². The quantitative estimate of drug-likeness (QED) is 0.771. The highest BCUT2D eigenvalue weighted by molar-refractivity contribution is 6.06. The number of carbonyl (C=O) groups is 3. The van der Waals surface area contributed by atoms with Gasteiger partial charge in [0.05, 0.1) is 5.56 Å². The van der Waals surface area contributed by atoms with E-state index in [1.807, 2.05) is 19.9 Å². The normalized spacial score (nSPS) is 24.4. The number of hydrogen-bond acceptors (Lipinski definition) is 4. The fraction of sp³-hybridized carbons (Fsp3) is 0.400. The van der Waals surface area contributed by atoms with Crippen molar-refractivity contribution >= 4 is 17.7 Å². The number of para-hydroxylation sites is 1. The summed E-state index contributed by atoms with van der Waals surface area (Å²) in [5.74, 6) is -0.499. The molecular formula is C15H16N2O4. The van der Waals surface area contributed by atoms with Crippen molar-refractivity contribution in [3.8, 4) is 5.75 Å². The third-order valence-electron chi connectivity index (χ3n) is 4.01. The molecule has 0 radical (unpaired) electrons. The van der Waals surface area contributed by atoms with E-state index in [2.05, 4.69) is 5.32 Å². The highest BCUT2D eigenvalue weighted by Crippen LogP contribution is 2.40. The highest BCUT2D eigenvalue weighted by Gasteiger charge is 2.34. The van der Waals surface area contributed by atoms with Gasteiger partial charge < -0.3 is 9.64 Å². The molecule has 1 aromatic rings. The lowest BCUT2D eigenvalue weighted by Crippen LogP contribution is -2.53. The summed E-state index contributed by atoms with van der Waals surface area (Å²) < 4.78 is 5.78. The molecule has 110 valence electrons. The summed E-state index contributed by atoms with van der Waals surface area (Å²) in [5, 5.41) is 2.18. The largest absolute Gasteiger partial charge is 0.489 e. The second-order valence-corrected chi connectivity index (χ2v) is 5.47. The average molecular weight is 288 g/mol. The lowest BCUT2D eigenvalue weighted by Gasteiger charge is -2.26. The Kier molecular flexibility index (Phi) is 3.16. The van der Waals surface area contributed by atoms with Crippen LogP contribution in [0.2, 0.25) is 0 Å². The van der Waals surface area contributed by atoms with Crippen molar-refractivity contribution in [1.29, 1.82) is 0 Å². The van der Waals surface area contributed by atoms with E-state index in [1.54, 1.807) is 12.1 Å². The standard InChI is InChI=1S/C15H16N2O4/c1-8-9(2)21-14-10(8)4-3-5-11(14)15(20)17-6-12(18)16-13(19)7-17/h3-5,8-9H,6-7H2,1-2H3,(H,16,18,19). The lowest BCUT2D eigenvalue weighted by molar-refractivity contribution is -0.135. The summed E-state index contributed by atoms with van der Waals surface area (Å²) in [6.07, 6.45) is 0.000219. The van der Waals surface area contributed by atoms with Gasteiger partial charge in [-0.15, -0.1) is 0 Å². The Labute approximate surface area is 122 Å². The monoisotopic (exact) mass is 288 g/mol. The van der Waals surface area contributed by atoms with Gasteiger partial charge in [0.2, 0.25) is 11.8 Å². The van der Waals surface area contributed by atoms with Crippen molar-refractivity contribution in [1.82, 2.24) is 10.2 Å². The number of ether oxygens (including phenoxy) is 1. The molecule has 2 aliphatic heterocycles. The summed E-state index contributed by atoms with van der Waals surface area (Å²) >= 11 is 0. The van der Waals surface area contributed by atoms with Crippen LogP contribution in [0.25, 0.3) is 0 Å². The maximum Gasteiger partial charge on any atom is 0.258 e. The van der Waals surface area contributed by atoms with Crippen LogP contribution in [0.4, 0.5) is 0 Å². The molecule has 3 rings (SSSR count). The van der Waals surface area contributed by atoms with E-state index in [0.29, 0.717) is 11.3 Å². The van der Waals surface area contributed by atoms with Gasteiger partial charge >= 0.3 is 0 Å². The predicted octanol–water partition coefficient (Wildman–Crippen LogP) is 0.670. The maximum absolute atomic E-state index is 12.6. The number of rotatable bonds is 1. The van der Waals surface area contributed by atoms with Gasteiger partial charge in [-0.25, -0.2) is 0 Å². The number of benzene rings is 1. The first-order valence-corrected chi connectivity index (χ1v) is 6.89. The van der Waals surface area contributed by atoms with E-state index in [9.17, 15) is 14.4 Å². The Morgan fingerprint density at radius 1 is 1.24 bits per heavy atom. The zero-order chi connectivity index (χ0) is 15.1. The van der Waals surface area contributed by atoms with Crippen molar-refractivity contribution in [3.63, 3.8) is 0 Å². The molecule has 1 fully saturated rings. The van der Waals surface area contributed by atoms with Gasteiger partial charge in [-0.1, -0.05) is 19.1 Å². The number of fused-ring (bicyclic) bond motifs is 1. The summed E-state index contributed by atoms with van der Waals surface area (Å²) in [6.45, 7) is 3.78. The van der Waals surface area contributed by atoms with E-state index in [-0.39, 0.29) is 31.0 Å². The second-order valence-electron chi connectivity index (χ2n) is 5.47. The molecule has 0 aliphatic carbocycles. The smallest absolute Gasteiger partial charge is 0.258 e. The van der Waals surface area contributed by atoms with Crippen LogP contribution in [0.1, 0.15) is 35.7 Å². The van der Waals surface area contributed by atoms with Gasteiger partial charge in [0.25, 0.3) is 5.91 Å². The molecule has 2 unspecified atom stereocenters. The van der Waals surface area contributed by atoms with Crippen LogP contribution in [-0.2, 0) is 9.59 Å². The first-order valence-electron chi connectivity index (χ1n) is 6.89. The van der Waals surface area contributed by atoms with Crippen molar-refractivity contribution < 1.29 is 19.1 Å². The second kappa shape index (κ2) is 4.87. The molecule has 2 heterocycles. The third kappa shape index (κ3) is 2.26. The van der Waals surface area contributed by atoms with Crippen molar-refractivity contribution in [2.24, 2.45) is 0 Å². The third-order valence-corrected chi connectivity index (χ3v) is 4.01. The van der Waals surface area contributed by atoms with Gasteiger partial charge in [0.1, 0.15) is 24.9 Å². The molecule has 6 heteroatoms. The van der Waals surface area contributed by atoms with Crippen LogP contribution in [0.5, 0.6) is 5.75 Å². The van der Waals surface area contributed by atoms with Gasteiger partial charge in [0.15, 0.2) is 0 Å². The van der Waals surface area contributed by atoms with Crippen molar-refractivity contribution in [3.05, 3.63) is 29.3 Å². The zero-order valence-electron chi connectivity index (χ0n) is 11.9. The zero-order valence-corrected chi connectivity index (χ0v) is 11.9. The fourth-order valence-electron chi connectivity index (χ4n) is 2.71. The number of nitrogens with one attached hydrogen (secondary N) is 1. The molecular weight excluding hydrogens is 272 g/mol. The Hall–Kier alpha value is -2.37. The number of carbonyl (C=O) groups excluding carboxylic acids is 3. The van der Waals surface area contributed by atoms with Crippen LogP contribution in [0.15, 0.2) is 18.2 Å². The molecule has 21 heavy (non-hydrogen) atoms. The molecule has 1 aromatic carbocycles. The molecule has 3 amide bonds. The molecule has 1 saturated heterocycles. The Morgan fingerprint density at radius 3 is 2.57 bits per heavy atom. The van der Waals surface area contributed by atoms with E-state index in [0.717, 1.165) is 5.56 Å². The Balaban J connectivity index is 1.93. The summed E-state index contributed by atoms with van der Waals surface area (Å²) in [4.78, 5) is 36.6. The van der Waals surface area contributed by atoms with Gasteiger partial charge in [0, 0.05) is 11.5 Å². The average Bonchev–Trinajstić information content (AvgIpc) is 2.73. The summed E-state index contributed by atoms with van der Waals surface area (Å²) in [5.41, 5.74) is 1.40. The molecule has 0 bridgehead atoms. The number of hydrogen-bond donors (Lipinski definition) is 1. The minimum absolute atomic E-state index is 0.000219. The minimum atomic E-state index is -0.463. The molecule has 2 aliphatic rings. The summed E-state index contributed by atoms with van der Waals surface area (Å²) in [6, 6.07) is 5.41. The SMILES string of the molecule is CC1Oc2c(C(=O)N3CC(=O)NC(=O)C3)cccc2C1C. The van der Waals surface area contributed by atoms with Gasteiger partial charge in [-0.2, -0.15) is 0 Å². The molecule has 0 spiro atoms. The number of piperazine rings is 1. The van der Waals surface area contributed by atoms with Crippen LogP contribution < -0.4 is 10.1 Å². The molecule has 6 nitrogen and oxygen atoms in total.